The SMILES string of the molecule is Cc1cnn(-c2ccc(C)nc2C(=O)O)c1. The summed E-state index contributed by atoms with van der Waals surface area (Å²) in [5.41, 5.74) is 2.14. The minimum Gasteiger partial charge on any atom is -0.476 e. The lowest BCUT2D eigenvalue weighted by atomic mass is 10.2. The molecular formula is C11H11N3O2. The van der Waals surface area contributed by atoms with E-state index < -0.39 is 5.97 Å². The van der Waals surface area contributed by atoms with Gasteiger partial charge >= 0.3 is 5.97 Å². The van der Waals surface area contributed by atoms with E-state index in [2.05, 4.69) is 10.1 Å². The zero-order valence-corrected chi connectivity index (χ0v) is 9.01. The highest BCUT2D eigenvalue weighted by atomic mass is 16.4. The molecule has 16 heavy (non-hydrogen) atoms. The zero-order chi connectivity index (χ0) is 11.7. The maximum absolute atomic E-state index is 11.1. The van der Waals surface area contributed by atoms with Crippen molar-refractivity contribution in [3.8, 4) is 5.69 Å². The van der Waals surface area contributed by atoms with Gasteiger partial charge in [-0.3, -0.25) is 0 Å². The van der Waals surface area contributed by atoms with Gasteiger partial charge in [-0.2, -0.15) is 5.10 Å². The van der Waals surface area contributed by atoms with Gasteiger partial charge in [0, 0.05) is 11.9 Å². The molecule has 0 aliphatic heterocycles. The van der Waals surface area contributed by atoms with Crippen molar-refractivity contribution in [1.82, 2.24) is 14.8 Å². The van der Waals surface area contributed by atoms with Crippen molar-refractivity contribution in [3.63, 3.8) is 0 Å². The van der Waals surface area contributed by atoms with Gasteiger partial charge in [0.1, 0.15) is 0 Å². The quantitative estimate of drug-likeness (QED) is 0.829. The summed E-state index contributed by atoms with van der Waals surface area (Å²) >= 11 is 0. The first-order chi connectivity index (χ1) is 7.58. The summed E-state index contributed by atoms with van der Waals surface area (Å²) in [5, 5.41) is 13.1. The first-order valence-corrected chi connectivity index (χ1v) is 4.80. The summed E-state index contributed by atoms with van der Waals surface area (Å²) in [4.78, 5) is 15.0. The molecule has 0 radical (unpaired) electrons. The van der Waals surface area contributed by atoms with Crippen LogP contribution in [-0.4, -0.2) is 25.8 Å². The molecule has 0 unspecified atom stereocenters. The second-order valence-electron chi connectivity index (χ2n) is 3.59. The Hall–Kier alpha value is -2.17. The summed E-state index contributed by atoms with van der Waals surface area (Å²) < 4.78 is 1.52. The molecule has 1 N–H and O–H groups in total. The molecule has 2 heterocycles. The second kappa shape index (κ2) is 3.77. The molecule has 0 amide bonds. The van der Waals surface area contributed by atoms with Gasteiger partial charge in [-0.05, 0) is 31.5 Å². The van der Waals surface area contributed by atoms with E-state index in [9.17, 15) is 4.79 Å². The van der Waals surface area contributed by atoms with Crippen molar-refractivity contribution in [2.45, 2.75) is 13.8 Å². The number of pyridine rings is 1. The van der Waals surface area contributed by atoms with Crippen molar-refractivity contribution in [2.24, 2.45) is 0 Å². The van der Waals surface area contributed by atoms with Crippen molar-refractivity contribution in [2.75, 3.05) is 0 Å². The van der Waals surface area contributed by atoms with Gasteiger partial charge in [0.25, 0.3) is 0 Å². The predicted octanol–water partition coefficient (Wildman–Crippen LogP) is 1.58. The largest absolute Gasteiger partial charge is 0.476 e. The summed E-state index contributed by atoms with van der Waals surface area (Å²) in [6.07, 6.45) is 3.43. The van der Waals surface area contributed by atoms with E-state index in [0.717, 1.165) is 5.56 Å². The van der Waals surface area contributed by atoms with Gasteiger partial charge < -0.3 is 5.11 Å². The van der Waals surface area contributed by atoms with Crippen molar-refractivity contribution < 1.29 is 9.90 Å². The van der Waals surface area contributed by atoms with E-state index in [4.69, 9.17) is 5.11 Å². The normalized spacial score (nSPS) is 10.4. The molecule has 0 aliphatic carbocycles. The topological polar surface area (TPSA) is 68.0 Å². The molecule has 0 aromatic carbocycles. The number of aromatic carboxylic acids is 1. The van der Waals surface area contributed by atoms with Crippen LogP contribution < -0.4 is 0 Å². The van der Waals surface area contributed by atoms with Crippen LogP contribution in [0.1, 0.15) is 21.7 Å². The van der Waals surface area contributed by atoms with Crippen LogP contribution in [0.2, 0.25) is 0 Å². The van der Waals surface area contributed by atoms with E-state index in [-0.39, 0.29) is 5.69 Å². The predicted molar refractivity (Wildman–Crippen MR) is 57.8 cm³/mol. The third kappa shape index (κ3) is 1.79. The summed E-state index contributed by atoms with van der Waals surface area (Å²) in [7, 11) is 0. The van der Waals surface area contributed by atoms with E-state index >= 15 is 0 Å². The number of nitrogens with zero attached hydrogens (tertiary/aromatic N) is 3. The van der Waals surface area contributed by atoms with E-state index in [1.165, 1.54) is 4.68 Å². The average molecular weight is 217 g/mol. The molecule has 5 nitrogen and oxygen atoms in total. The molecule has 0 spiro atoms. The number of carboxylic acid groups (broad SMARTS) is 1. The standard InChI is InChI=1S/C11H11N3O2/c1-7-5-12-14(6-7)9-4-3-8(2)13-10(9)11(15)16/h3-6H,1-2H3,(H,15,16). The molecule has 2 rings (SSSR count). The molecule has 5 heteroatoms. The van der Waals surface area contributed by atoms with E-state index in [1.807, 2.05) is 6.92 Å². The molecule has 0 bridgehead atoms. The van der Waals surface area contributed by atoms with E-state index in [0.29, 0.717) is 11.4 Å². The maximum Gasteiger partial charge on any atom is 0.356 e. The monoisotopic (exact) mass is 217 g/mol. The lowest BCUT2D eigenvalue weighted by Crippen LogP contribution is -2.09. The van der Waals surface area contributed by atoms with Crippen LogP contribution in [-0.2, 0) is 0 Å². The van der Waals surface area contributed by atoms with Crippen molar-refractivity contribution in [1.29, 1.82) is 0 Å². The zero-order valence-electron chi connectivity index (χ0n) is 9.01. The molecule has 0 atom stereocenters. The van der Waals surface area contributed by atoms with Gasteiger partial charge in [0.15, 0.2) is 5.69 Å². The van der Waals surface area contributed by atoms with Crippen molar-refractivity contribution in [3.05, 3.63) is 41.5 Å². The lowest BCUT2D eigenvalue weighted by molar-refractivity contribution is 0.0690. The van der Waals surface area contributed by atoms with Crippen LogP contribution in [0.3, 0.4) is 0 Å². The molecule has 0 fully saturated rings. The fourth-order valence-electron chi connectivity index (χ4n) is 1.44. The van der Waals surface area contributed by atoms with Gasteiger partial charge in [0.2, 0.25) is 0 Å². The highest BCUT2D eigenvalue weighted by molar-refractivity contribution is 5.89. The molecule has 2 aromatic heterocycles. The van der Waals surface area contributed by atoms with Gasteiger partial charge in [0.05, 0.1) is 11.9 Å². The first-order valence-electron chi connectivity index (χ1n) is 4.80. The van der Waals surface area contributed by atoms with Gasteiger partial charge in [-0.1, -0.05) is 0 Å². The Labute approximate surface area is 92.4 Å². The third-order valence-electron chi connectivity index (χ3n) is 2.17. The highest BCUT2D eigenvalue weighted by Crippen LogP contribution is 2.13. The Bertz CT molecular complexity index is 546. The van der Waals surface area contributed by atoms with Crippen LogP contribution in [0.5, 0.6) is 0 Å². The fraction of sp³-hybridized carbons (Fsp3) is 0.182. The number of aromatic nitrogens is 3. The Kier molecular flexibility index (Phi) is 2.44. The van der Waals surface area contributed by atoms with Crippen LogP contribution in [0.25, 0.3) is 5.69 Å². The Morgan fingerprint density at radius 2 is 2.12 bits per heavy atom. The Balaban J connectivity index is 2.60. The molecule has 0 saturated heterocycles. The fourth-order valence-corrected chi connectivity index (χ4v) is 1.44. The second-order valence-corrected chi connectivity index (χ2v) is 3.59. The number of carboxylic acids is 1. The minimum atomic E-state index is -1.05. The first kappa shape index (κ1) is 10.4. The number of hydrogen-bond donors (Lipinski definition) is 1. The lowest BCUT2D eigenvalue weighted by Gasteiger charge is -2.05. The van der Waals surface area contributed by atoms with Crippen LogP contribution in [0, 0.1) is 13.8 Å². The van der Waals surface area contributed by atoms with Gasteiger partial charge in [-0.25, -0.2) is 14.5 Å². The molecule has 0 aliphatic rings. The van der Waals surface area contributed by atoms with E-state index in [1.54, 1.807) is 31.5 Å². The summed E-state index contributed by atoms with van der Waals surface area (Å²) in [6, 6.07) is 3.47. The molecule has 0 saturated carbocycles. The molecular weight excluding hydrogens is 206 g/mol. The maximum atomic E-state index is 11.1. The summed E-state index contributed by atoms with van der Waals surface area (Å²) in [6.45, 7) is 3.65. The Morgan fingerprint density at radius 3 is 2.69 bits per heavy atom. The van der Waals surface area contributed by atoms with Gasteiger partial charge in [-0.15, -0.1) is 0 Å². The molecule has 82 valence electrons. The third-order valence-corrected chi connectivity index (χ3v) is 2.17. The van der Waals surface area contributed by atoms with Crippen LogP contribution in [0.4, 0.5) is 0 Å². The summed E-state index contributed by atoms with van der Waals surface area (Å²) in [5.74, 6) is -1.05. The highest BCUT2D eigenvalue weighted by Gasteiger charge is 2.14. The number of carbonyl (C=O) groups is 1. The number of rotatable bonds is 2. The minimum absolute atomic E-state index is 0.0168. The van der Waals surface area contributed by atoms with Crippen LogP contribution in [0.15, 0.2) is 24.5 Å². The smallest absolute Gasteiger partial charge is 0.356 e. The number of hydrogen-bond acceptors (Lipinski definition) is 3. The Morgan fingerprint density at radius 1 is 1.38 bits per heavy atom. The van der Waals surface area contributed by atoms with Crippen LogP contribution >= 0.6 is 0 Å². The number of aryl methyl sites for hydroxylation is 2. The average Bonchev–Trinajstić information content (AvgIpc) is 2.64. The molecule has 2 aromatic rings. The van der Waals surface area contributed by atoms with Crippen molar-refractivity contribution >= 4 is 5.97 Å².